The van der Waals surface area contributed by atoms with Crippen molar-refractivity contribution in [3.63, 3.8) is 0 Å². The van der Waals surface area contributed by atoms with E-state index in [-0.39, 0.29) is 6.04 Å². The van der Waals surface area contributed by atoms with Gasteiger partial charge in [0.1, 0.15) is 0 Å². The van der Waals surface area contributed by atoms with Crippen LogP contribution in [0.25, 0.3) is 5.69 Å². The molecule has 0 bridgehead atoms. The van der Waals surface area contributed by atoms with E-state index in [1.165, 1.54) is 11.3 Å². The van der Waals surface area contributed by atoms with Gasteiger partial charge in [-0.15, -0.1) is 10.2 Å². The monoisotopic (exact) mass is 615 g/mol. The molecule has 5 aromatic rings. The van der Waals surface area contributed by atoms with Gasteiger partial charge < -0.3 is 0 Å². The van der Waals surface area contributed by atoms with Crippen LogP contribution in [-0.4, -0.2) is 20.5 Å². The topological polar surface area (TPSA) is 71.0 Å². The van der Waals surface area contributed by atoms with Gasteiger partial charge in [0.2, 0.25) is 5.13 Å². The molecule has 0 N–H and O–H groups in total. The molecule has 0 fully saturated rings. The maximum absolute atomic E-state index is 6.16. The first-order valence-corrected chi connectivity index (χ1v) is 14.3. The molecule has 0 saturated carbocycles. The Morgan fingerprint density at radius 1 is 0.949 bits per heavy atom. The number of halogens is 2. The van der Waals surface area contributed by atoms with Crippen LogP contribution in [0, 0.1) is 13.8 Å². The Balaban J connectivity index is 1.37. The molecule has 7 nitrogen and oxygen atoms in total. The van der Waals surface area contributed by atoms with E-state index < -0.39 is 0 Å². The average molecular weight is 617 g/mol. The van der Waals surface area contributed by atoms with Crippen LogP contribution in [0.5, 0.6) is 0 Å². The number of anilines is 1. The van der Waals surface area contributed by atoms with Crippen molar-refractivity contribution in [1.82, 2.24) is 14.8 Å². The highest BCUT2D eigenvalue weighted by Crippen LogP contribution is 2.43. The number of aromatic nitrogens is 3. The predicted molar refractivity (Wildman–Crippen MR) is 161 cm³/mol. The van der Waals surface area contributed by atoms with Crippen molar-refractivity contribution in [2.24, 2.45) is 15.3 Å². The number of thiazole rings is 1. The molecule has 39 heavy (non-hydrogen) atoms. The predicted octanol–water partition coefficient (Wildman–Crippen LogP) is 9.13. The van der Waals surface area contributed by atoms with Crippen LogP contribution < -0.4 is 5.01 Å². The summed E-state index contributed by atoms with van der Waals surface area (Å²) in [6.45, 7) is 4.04. The van der Waals surface area contributed by atoms with E-state index in [1.807, 2.05) is 89.5 Å². The number of hydrogen-bond donors (Lipinski definition) is 0. The molecule has 0 aliphatic carbocycles. The molecule has 1 aliphatic rings. The zero-order valence-corrected chi connectivity index (χ0v) is 24.3. The highest BCUT2D eigenvalue weighted by molar-refractivity contribution is 9.10. The van der Waals surface area contributed by atoms with Crippen LogP contribution in [0.2, 0.25) is 5.02 Å². The molecule has 0 saturated heterocycles. The Morgan fingerprint density at radius 2 is 1.69 bits per heavy atom. The molecule has 2 aromatic heterocycles. The first-order chi connectivity index (χ1) is 19.0. The lowest BCUT2D eigenvalue weighted by molar-refractivity contribution is 0.698. The van der Waals surface area contributed by atoms with Crippen molar-refractivity contribution >= 4 is 60.4 Å². The normalized spacial score (nSPS) is 15.3. The second-order valence-electron chi connectivity index (χ2n) is 9.11. The lowest BCUT2D eigenvalue weighted by atomic mass is 9.99. The van der Waals surface area contributed by atoms with Crippen LogP contribution in [0.15, 0.2) is 105 Å². The van der Waals surface area contributed by atoms with E-state index >= 15 is 0 Å². The third-order valence-electron chi connectivity index (χ3n) is 6.54. The van der Waals surface area contributed by atoms with E-state index in [1.54, 1.807) is 0 Å². The summed E-state index contributed by atoms with van der Waals surface area (Å²) in [4.78, 5) is 4.86. The fraction of sp³-hybridized carbons (Fsp3) is 0.138. The van der Waals surface area contributed by atoms with E-state index in [0.29, 0.717) is 11.4 Å². The average Bonchev–Trinajstić information content (AvgIpc) is 3.65. The number of aryl methyl sites for hydroxylation is 1. The number of azo groups is 1. The van der Waals surface area contributed by atoms with Gasteiger partial charge in [-0.2, -0.15) is 10.2 Å². The third-order valence-corrected chi connectivity index (χ3v) is 8.35. The largest absolute Gasteiger partial charge is 0.238 e. The zero-order chi connectivity index (χ0) is 26.9. The van der Waals surface area contributed by atoms with Crippen molar-refractivity contribution in [1.29, 1.82) is 0 Å². The fourth-order valence-corrected chi connectivity index (χ4v) is 5.78. The van der Waals surface area contributed by atoms with Crippen LogP contribution in [0.4, 0.5) is 15.8 Å². The number of hydrogen-bond acceptors (Lipinski definition) is 7. The number of para-hydroxylation sites is 1. The lowest BCUT2D eigenvalue weighted by Crippen LogP contribution is -2.19. The first kappa shape index (κ1) is 25.6. The van der Waals surface area contributed by atoms with Crippen molar-refractivity contribution in [3.05, 3.63) is 117 Å². The van der Waals surface area contributed by atoms with Crippen LogP contribution in [-0.2, 0) is 0 Å². The van der Waals surface area contributed by atoms with Crippen molar-refractivity contribution in [3.8, 4) is 5.69 Å². The van der Waals surface area contributed by atoms with Crippen molar-refractivity contribution < 1.29 is 0 Å². The maximum Gasteiger partial charge on any atom is 0.208 e. The molecule has 0 amide bonds. The molecule has 0 radical (unpaired) electrons. The Bertz CT molecular complexity index is 1680. The van der Waals surface area contributed by atoms with Crippen molar-refractivity contribution in [2.75, 3.05) is 5.01 Å². The summed E-state index contributed by atoms with van der Waals surface area (Å²) >= 11 is 11.1. The summed E-state index contributed by atoms with van der Waals surface area (Å²) in [5.74, 6) is 0. The van der Waals surface area contributed by atoms with Gasteiger partial charge in [0, 0.05) is 27.2 Å². The van der Waals surface area contributed by atoms with E-state index in [2.05, 4.69) is 45.2 Å². The minimum Gasteiger partial charge on any atom is -0.238 e. The quantitative estimate of drug-likeness (QED) is 0.179. The summed E-state index contributed by atoms with van der Waals surface area (Å²) in [5.41, 5.74) is 6.76. The van der Waals surface area contributed by atoms with Gasteiger partial charge in [-0.1, -0.05) is 69.2 Å². The number of rotatable bonds is 6. The molecule has 194 valence electrons. The molecule has 0 spiro atoms. The van der Waals surface area contributed by atoms with Crippen LogP contribution in [0.1, 0.15) is 35.0 Å². The van der Waals surface area contributed by atoms with Gasteiger partial charge in [-0.3, -0.25) is 0 Å². The molecule has 1 unspecified atom stereocenters. The molecule has 3 heterocycles. The molecule has 1 atom stereocenters. The highest BCUT2D eigenvalue weighted by Gasteiger charge is 2.34. The van der Waals surface area contributed by atoms with Gasteiger partial charge in [0.15, 0.2) is 5.00 Å². The molecular weight excluding hydrogens is 594 g/mol. The second-order valence-corrected chi connectivity index (χ2v) is 11.4. The van der Waals surface area contributed by atoms with Gasteiger partial charge in [-0.25, -0.2) is 14.7 Å². The SMILES string of the molecule is Cc1nc(N2N=C(c3ccc(Cl)cc3)CC2c2cnn(-c3ccccc3)c2C)sc1N=Nc1ccc(Br)cc1. The summed E-state index contributed by atoms with van der Waals surface area (Å²) in [5, 5.41) is 22.9. The van der Waals surface area contributed by atoms with Crippen LogP contribution >= 0.6 is 38.9 Å². The summed E-state index contributed by atoms with van der Waals surface area (Å²) in [6.07, 6.45) is 2.65. The summed E-state index contributed by atoms with van der Waals surface area (Å²) in [6, 6.07) is 25.6. The highest BCUT2D eigenvalue weighted by atomic mass is 79.9. The van der Waals surface area contributed by atoms with Crippen molar-refractivity contribution in [2.45, 2.75) is 26.3 Å². The van der Waals surface area contributed by atoms with Gasteiger partial charge in [0.05, 0.1) is 35.0 Å². The number of nitrogens with zero attached hydrogens (tertiary/aromatic N) is 7. The second kappa shape index (κ2) is 10.8. The fourth-order valence-electron chi connectivity index (χ4n) is 4.50. The third kappa shape index (κ3) is 5.30. The first-order valence-electron chi connectivity index (χ1n) is 12.3. The van der Waals surface area contributed by atoms with Gasteiger partial charge >= 0.3 is 0 Å². The molecule has 10 heteroatoms. The number of benzene rings is 3. The van der Waals surface area contributed by atoms with Gasteiger partial charge in [0.25, 0.3) is 0 Å². The molecular formula is C29H23BrClN7S. The van der Waals surface area contributed by atoms with E-state index in [9.17, 15) is 0 Å². The number of hydrazone groups is 1. The van der Waals surface area contributed by atoms with E-state index in [0.717, 1.165) is 54.2 Å². The Kier molecular flexibility index (Phi) is 7.12. The Labute approximate surface area is 243 Å². The Morgan fingerprint density at radius 3 is 2.44 bits per heavy atom. The minimum atomic E-state index is -0.0741. The molecule has 1 aliphatic heterocycles. The molecule has 3 aromatic carbocycles. The lowest BCUT2D eigenvalue weighted by Gasteiger charge is -2.20. The smallest absolute Gasteiger partial charge is 0.208 e. The molecule has 6 rings (SSSR count). The van der Waals surface area contributed by atoms with E-state index in [4.69, 9.17) is 26.8 Å². The maximum atomic E-state index is 6.16. The minimum absolute atomic E-state index is 0.0741. The summed E-state index contributed by atoms with van der Waals surface area (Å²) in [7, 11) is 0. The van der Waals surface area contributed by atoms with Crippen LogP contribution in [0.3, 0.4) is 0 Å². The Hall–Kier alpha value is -3.66. The van der Waals surface area contributed by atoms with Gasteiger partial charge in [-0.05, 0) is 67.9 Å². The zero-order valence-electron chi connectivity index (χ0n) is 21.2. The standard InChI is InChI=1S/C29H23BrClN7S/c1-18-28(35-34-23-14-10-21(30)11-15-23)39-29(33-18)38-27(16-26(36-38)20-8-12-22(31)13-9-20)25-17-32-37(19(25)2)24-6-4-3-5-7-24/h3-15,17,27H,16H2,1-2H3. The summed E-state index contributed by atoms with van der Waals surface area (Å²) < 4.78 is 2.97.